The second-order valence-electron chi connectivity index (χ2n) is 5.09. The van der Waals surface area contributed by atoms with E-state index in [0.29, 0.717) is 6.61 Å². The zero-order chi connectivity index (χ0) is 12.1. The minimum Gasteiger partial charge on any atom is -0.490 e. The lowest BCUT2D eigenvalue weighted by molar-refractivity contribution is 0.201. The highest BCUT2D eigenvalue weighted by Crippen LogP contribution is 2.28. The van der Waals surface area contributed by atoms with Gasteiger partial charge in [0.2, 0.25) is 0 Å². The molecule has 0 radical (unpaired) electrons. The smallest absolute Gasteiger partial charge is 0.123 e. The average Bonchev–Trinajstić information content (AvgIpc) is 3.07. The fourth-order valence-electron chi connectivity index (χ4n) is 1.85. The Balaban J connectivity index is 1.90. The molecule has 94 valence electrons. The van der Waals surface area contributed by atoms with Crippen molar-refractivity contribution in [3.05, 3.63) is 29.8 Å². The van der Waals surface area contributed by atoms with Crippen molar-refractivity contribution >= 4 is 0 Å². The van der Waals surface area contributed by atoms with Gasteiger partial charge in [-0.2, -0.15) is 0 Å². The van der Waals surface area contributed by atoms with Crippen molar-refractivity contribution in [2.24, 2.45) is 0 Å². The first-order valence-electron chi connectivity index (χ1n) is 6.58. The van der Waals surface area contributed by atoms with Crippen LogP contribution in [0.15, 0.2) is 24.3 Å². The van der Waals surface area contributed by atoms with E-state index in [4.69, 9.17) is 9.47 Å². The van der Waals surface area contributed by atoms with E-state index >= 15 is 0 Å². The van der Waals surface area contributed by atoms with Crippen LogP contribution in [0.3, 0.4) is 0 Å². The molecule has 1 aliphatic heterocycles. The highest BCUT2D eigenvalue weighted by molar-refractivity contribution is 5.33. The second kappa shape index (κ2) is 5.54. The first-order valence-corrected chi connectivity index (χ1v) is 6.58. The molecule has 1 aromatic rings. The normalized spacial score (nSPS) is 22.5. The van der Waals surface area contributed by atoms with Crippen LogP contribution in [0.25, 0.3) is 0 Å². The van der Waals surface area contributed by atoms with Crippen LogP contribution in [-0.4, -0.2) is 18.8 Å². The molecule has 1 aliphatic rings. The molecular formula is C15H22O2. The predicted octanol–water partition coefficient (Wildman–Crippen LogP) is 3.59. The average molecular weight is 234 g/mol. The molecule has 1 fully saturated rings. The van der Waals surface area contributed by atoms with E-state index in [9.17, 15) is 0 Å². The Morgan fingerprint density at radius 1 is 1.29 bits per heavy atom. The third-order valence-corrected chi connectivity index (χ3v) is 3.19. The fraction of sp³-hybridized carbons (Fsp3) is 0.600. The molecule has 0 saturated carbocycles. The van der Waals surface area contributed by atoms with Crippen LogP contribution in [0.5, 0.6) is 5.75 Å². The lowest BCUT2D eigenvalue weighted by Crippen LogP contribution is -2.17. The van der Waals surface area contributed by atoms with Gasteiger partial charge in [0.05, 0.1) is 6.61 Å². The summed E-state index contributed by atoms with van der Waals surface area (Å²) in [5.74, 6) is 1.03. The summed E-state index contributed by atoms with van der Waals surface area (Å²) >= 11 is 0. The number of rotatable bonds is 7. The molecule has 0 aliphatic carbocycles. The molecule has 0 N–H and O–H groups in total. The summed E-state index contributed by atoms with van der Waals surface area (Å²) in [5.41, 5.74) is 1.29. The van der Waals surface area contributed by atoms with E-state index in [-0.39, 0.29) is 5.60 Å². The Kier molecular flexibility index (Phi) is 4.06. The molecule has 2 nitrogen and oxygen atoms in total. The SMILES string of the molecule is CCCCCc1ccccc1OCC1(C)CO1. The zero-order valence-corrected chi connectivity index (χ0v) is 10.9. The summed E-state index contributed by atoms with van der Waals surface area (Å²) in [7, 11) is 0. The molecule has 1 saturated heterocycles. The van der Waals surface area contributed by atoms with Gasteiger partial charge in [0, 0.05) is 0 Å². The van der Waals surface area contributed by atoms with Gasteiger partial charge in [-0.05, 0) is 31.4 Å². The van der Waals surface area contributed by atoms with Crippen LogP contribution in [0.4, 0.5) is 0 Å². The van der Waals surface area contributed by atoms with Crippen molar-refractivity contribution < 1.29 is 9.47 Å². The number of unbranched alkanes of at least 4 members (excludes halogenated alkanes) is 2. The van der Waals surface area contributed by atoms with E-state index in [1.54, 1.807) is 0 Å². The standard InChI is InChI=1S/C15H22O2/c1-3-4-5-8-13-9-6-7-10-14(13)16-11-15(2)12-17-15/h6-7,9-10H,3-5,8,11-12H2,1-2H3. The van der Waals surface area contributed by atoms with E-state index in [1.165, 1.54) is 24.8 Å². The van der Waals surface area contributed by atoms with Crippen LogP contribution in [0.2, 0.25) is 0 Å². The van der Waals surface area contributed by atoms with E-state index < -0.39 is 0 Å². The van der Waals surface area contributed by atoms with Crippen molar-refractivity contribution in [3.8, 4) is 5.75 Å². The van der Waals surface area contributed by atoms with Crippen LogP contribution >= 0.6 is 0 Å². The van der Waals surface area contributed by atoms with Crippen LogP contribution in [0, 0.1) is 0 Å². The van der Waals surface area contributed by atoms with Gasteiger partial charge in [0.15, 0.2) is 0 Å². The van der Waals surface area contributed by atoms with Gasteiger partial charge in [-0.1, -0.05) is 38.0 Å². The second-order valence-corrected chi connectivity index (χ2v) is 5.09. The van der Waals surface area contributed by atoms with E-state index in [2.05, 4.69) is 32.0 Å². The largest absolute Gasteiger partial charge is 0.490 e. The first kappa shape index (κ1) is 12.4. The Morgan fingerprint density at radius 2 is 2.06 bits per heavy atom. The molecule has 1 aromatic carbocycles. The van der Waals surface area contributed by atoms with Gasteiger partial charge in [-0.15, -0.1) is 0 Å². The van der Waals surface area contributed by atoms with Gasteiger partial charge in [0.1, 0.15) is 18.0 Å². The number of ether oxygens (including phenoxy) is 2. The lowest BCUT2D eigenvalue weighted by Gasteiger charge is -2.13. The molecule has 0 bridgehead atoms. The Hall–Kier alpha value is -1.02. The third kappa shape index (κ3) is 3.74. The van der Waals surface area contributed by atoms with Gasteiger partial charge in [0.25, 0.3) is 0 Å². The van der Waals surface area contributed by atoms with Crippen LogP contribution in [0.1, 0.15) is 38.7 Å². The van der Waals surface area contributed by atoms with Gasteiger partial charge < -0.3 is 9.47 Å². The maximum absolute atomic E-state index is 5.87. The zero-order valence-electron chi connectivity index (χ0n) is 10.9. The topological polar surface area (TPSA) is 21.8 Å². The summed E-state index contributed by atoms with van der Waals surface area (Å²) < 4.78 is 11.2. The van der Waals surface area contributed by atoms with Gasteiger partial charge in [-0.25, -0.2) is 0 Å². The van der Waals surface area contributed by atoms with Crippen LogP contribution in [-0.2, 0) is 11.2 Å². The lowest BCUT2D eigenvalue weighted by atomic mass is 10.1. The highest BCUT2D eigenvalue weighted by Gasteiger charge is 2.40. The number of para-hydroxylation sites is 1. The Labute approximate surface area is 104 Å². The molecule has 2 heteroatoms. The maximum atomic E-state index is 5.87. The Morgan fingerprint density at radius 3 is 2.76 bits per heavy atom. The first-order chi connectivity index (χ1) is 8.23. The molecule has 1 heterocycles. The molecule has 0 amide bonds. The van der Waals surface area contributed by atoms with Crippen molar-refractivity contribution in [2.45, 2.75) is 45.1 Å². The highest BCUT2D eigenvalue weighted by atomic mass is 16.6. The summed E-state index contributed by atoms with van der Waals surface area (Å²) in [6, 6.07) is 8.35. The monoisotopic (exact) mass is 234 g/mol. The van der Waals surface area contributed by atoms with E-state index in [0.717, 1.165) is 18.8 Å². The molecular weight excluding hydrogens is 212 g/mol. The fourth-order valence-corrected chi connectivity index (χ4v) is 1.85. The predicted molar refractivity (Wildman–Crippen MR) is 69.5 cm³/mol. The van der Waals surface area contributed by atoms with Gasteiger partial charge >= 0.3 is 0 Å². The molecule has 2 rings (SSSR count). The molecule has 0 spiro atoms. The van der Waals surface area contributed by atoms with Crippen molar-refractivity contribution in [1.29, 1.82) is 0 Å². The number of epoxide rings is 1. The number of aryl methyl sites for hydroxylation is 1. The van der Waals surface area contributed by atoms with Crippen LogP contribution < -0.4 is 4.74 Å². The summed E-state index contributed by atoms with van der Waals surface area (Å²) in [6.07, 6.45) is 4.90. The molecule has 1 unspecified atom stereocenters. The van der Waals surface area contributed by atoms with Gasteiger partial charge in [-0.3, -0.25) is 0 Å². The van der Waals surface area contributed by atoms with Crippen molar-refractivity contribution in [2.75, 3.05) is 13.2 Å². The van der Waals surface area contributed by atoms with E-state index in [1.807, 2.05) is 6.07 Å². The molecule has 1 atom stereocenters. The Bertz CT molecular complexity index is 356. The number of hydrogen-bond donors (Lipinski definition) is 0. The molecule has 0 aromatic heterocycles. The minimum atomic E-state index is -0.0312. The summed E-state index contributed by atoms with van der Waals surface area (Å²) in [5, 5.41) is 0. The summed E-state index contributed by atoms with van der Waals surface area (Å²) in [6.45, 7) is 5.81. The number of hydrogen-bond acceptors (Lipinski definition) is 2. The van der Waals surface area contributed by atoms with Crippen molar-refractivity contribution in [3.63, 3.8) is 0 Å². The molecule has 17 heavy (non-hydrogen) atoms. The maximum Gasteiger partial charge on any atom is 0.123 e. The third-order valence-electron chi connectivity index (χ3n) is 3.19. The van der Waals surface area contributed by atoms with Crippen molar-refractivity contribution in [1.82, 2.24) is 0 Å². The summed E-state index contributed by atoms with van der Waals surface area (Å²) in [4.78, 5) is 0. The quantitative estimate of drug-likeness (QED) is 0.531. The number of benzene rings is 1. The minimum absolute atomic E-state index is 0.0312.